The van der Waals surface area contributed by atoms with Gasteiger partial charge < -0.3 is 19.3 Å². The normalized spacial score (nSPS) is 14.9. The molecule has 0 radical (unpaired) electrons. The molecular formula is C22H28N3O6P. The van der Waals surface area contributed by atoms with Gasteiger partial charge in [-0.2, -0.15) is 0 Å². The van der Waals surface area contributed by atoms with Crippen LogP contribution in [0.1, 0.15) is 48.4 Å². The second-order valence-electron chi connectivity index (χ2n) is 7.32. The summed E-state index contributed by atoms with van der Waals surface area (Å²) in [7, 11) is -3.76. The summed E-state index contributed by atoms with van der Waals surface area (Å²) in [5.41, 5.74) is 1.01. The average molecular weight is 461 g/mol. The Bertz CT molecular complexity index is 984. The third kappa shape index (κ3) is 5.35. The van der Waals surface area contributed by atoms with Crippen LogP contribution in [0.5, 0.6) is 0 Å². The number of nitro benzene ring substituents is 1. The van der Waals surface area contributed by atoms with E-state index in [1.807, 2.05) is 4.90 Å². The summed E-state index contributed by atoms with van der Waals surface area (Å²) in [6, 6.07) is 13.2. The smallest absolute Gasteiger partial charge is 0.357 e. The van der Waals surface area contributed by atoms with Crippen LogP contribution in [0.15, 0.2) is 48.5 Å². The molecule has 2 aromatic rings. The lowest BCUT2D eigenvalue weighted by Crippen LogP contribution is -2.30. The molecule has 1 fully saturated rings. The van der Waals surface area contributed by atoms with Crippen molar-refractivity contribution in [2.45, 2.75) is 32.5 Å². The maximum absolute atomic E-state index is 13.5. The van der Waals surface area contributed by atoms with Gasteiger partial charge in [0.25, 0.3) is 11.6 Å². The predicted octanol–water partition coefficient (Wildman–Crippen LogP) is 4.89. The van der Waals surface area contributed by atoms with Gasteiger partial charge in [0, 0.05) is 24.7 Å². The monoisotopic (exact) mass is 461 g/mol. The van der Waals surface area contributed by atoms with E-state index in [9.17, 15) is 19.5 Å². The van der Waals surface area contributed by atoms with Gasteiger partial charge in [-0.05, 0) is 44.4 Å². The Balaban J connectivity index is 1.94. The van der Waals surface area contributed by atoms with E-state index >= 15 is 0 Å². The minimum absolute atomic E-state index is 0.0973. The van der Waals surface area contributed by atoms with Gasteiger partial charge in [-0.1, -0.05) is 30.3 Å². The van der Waals surface area contributed by atoms with Gasteiger partial charge >= 0.3 is 7.60 Å². The molecule has 10 heteroatoms. The van der Waals surface area contributed by atoms with Gasteiger partial charge in [-0.25, -0.2) is 0 Å². The van der Waals surface area contributed by atoms with Gasteiger partial charge in [-0.15, -0.1) is 0 Å². The van der Waals surface area contributed by atoms with Crippen molar-refractivity contribution in [2.75, 3.05) is 31.2 Å². The summed E-state index contributed by atoms with van der Waals surface area (Å²) < 4.78 is 24.5. The number of anilines is 1. The van der Waals surface area contributed by atoms with Gasteiger partial charge in [0.2, 0.25) is 0 Å². The number of carbonyl (C=O) groups excluding carboxylic acids is 1. The summed E-state index contributed by atoms with van der Waals surface area (Å²) in [5.74, 6) is -1.66. The Hall–Kier alpha value is -2.74. The Morgan fingerprint density at radius 2 is 1.75 bits per heavy atom. The van der Waals surface area contributed by atoms with Crippen LogP contribution in [-0.2, 0) is 13.6 Å². The van der Waals surface area contributed by atoms with E-state index in [1.54, 1.807) is 56.3 Å². The fourth-order valence-electron chi connectivity index (χ4n) is 3.77. The highest BCUT2D eigenvalue weighted by Gasteiger charge is 2.38. The molecule has 1 N–H and O–H groups in total. The summed E-state index contributed by atoms with van der Waals surface area (Å²) in [6.07, 6.45) is 1.95. The Morgan fingerprint density at radius 1 is 1.12 bits per heavy atom. The molecule has 1 aliphatic rings. The predicted molar refractivity (Wildman–Crippen MR) is 122 cm³/mol. The van der Waals surface area contributed by atoms with E-state index < -0.39 is 24.2 Å². The topological polar surface area (TPSA) is 111 Å². The number of carbonyl (C=O) groups is 1. The van der Waals surface area contributed by atoms with Crippen LogP contribution in [0, 0.1) is 10.1 Å². The third-order valence-electron chi connectivity index (χ3n) is 5.20. The molecule has 1 aliphatic heterocycles. The van der Waals surface area contributed by atoms with Crippen LogP contribution in [0.25, 0.3) is 0 Å². The second kappa shape index (κ2) is 10.7. The number of nitrogens with zero attached hydrogens (tertiary/aromatic N) is 2. The molecule has 0 aliphatic carbocycles. The first-order chi connectivity index (χ1) is 15.4. The first kappa shape index (κ1) is 23.9. The van der Waals surface area contributed by atoms with Crippen molar-refractivity contribution in [1.29, 1.82) is 0 Å². The summed E-state index contributed by atoms with van der Waals surface area (Å²) >= 11 is 0. The van der Waals surface area contributed by atoms with Gasteiger partial charge in [-0.3, -0.25) is 19.5 Å². The highest BCUT2D eigenvalue weighted by Crippen LogP contribution is 2.59. The second-order valence-corrected chi connectivity index (χ2v) is 9.43. The van der Waals surface area contributed by atoms with Crippen molar-refractivity contribution >= 4 is 24.9 Å². The Kier molecular flexibility index (Phi) is 8.01. The third-order valence-corrected chi connectivity index (χ3v) is 7.49. The van der Waals surface area contributed by atoms with E-state index in [2.05, 4.69) is 5.32 Å². The zero-order valence-corrected chi connectivity index (χ0v) is 19.1. The van der Waals surface area contributed by atoms with E-state index in [0.29, 0.717) is 11.3 Å². The number of hydrogen-bond acceptors (Lipinski definition) is 7. The number of amides is 1. The van der Waals surface area contributed by atoms with Crippen LogP contribution in [0.3, 0.4) is 0 Å². The Morgan fingerprint density at radius 3 is 2.31 bits per heavy atom. The summed E-state index contributed by atoms with van der Waals surface area (Å²) in [5, 5.41) is 14.4. The number of nitrogens with one attached hydrogen (secondary N) is 1. The molecule has 172 valence electrons. The molecule has 0 bridgehead atoms. The van der Waals surface area contributed by atoms with Crippen molar-refractivity contribution in [1.82, 2.24) is 5.32 Å². The maximum Gasteiger partial charge on any atom is 0.357 e. The molecule has 0 aromatic heterocycles. The molecule has 0 saturated carbocycles. The lowest BCUT2D eigenvalue weighted by atomic mass is 10.1. The van der Waals surface area contributed by atoms with E-state index in [1.165, 1.54) is 6.07 Å². The molecule has 1 amide bonds. The molecule has 1 atom stereocenters. The lowest BCUT2D eigenvalue weighted by molar-refractivity contribution is -0.384. The van der Waals surface area contributed by atoms with Crippen LogP contribution < -0.4 is 10.2 Å². The van der Waals surface area contributed by atoms with Crippen molar-refractivity contribution in [3.8, 4) is 0 Å². The van der Waals surface area contributed by atoms with E-state index in [4.69, 9.17) is 9.05 Å². The molecule has 1 heterocycles. The molecule has 2 aromatic carbocycles. The van der Waals surface area contributed by atoms with Crippen molar-refractivity contribution in [2.24, 2.45) is 0 Å². The SMILES string of the molecule is CCOP(=O)(OCC)[C@H](NC(=O)c1ccc(N2CCCC2)c([N+](=O)[O-])c1)c1ccccc1. The minimum atomic E-state index is -3.76. The highest BCUT2D eigenvalue weighted by atomic mass is 31.2. The highest BCUT2D eigenvalue weighted by molar-refractivity contribution is 7.54. The molecule has 3 rings (SSSR count). The first-order valence-electron chi connectivity index (χ1n) is 10.7. The fraction of sp³-hybridized carbons (Fsp3) is 0.409. The molecular weight excluding hydrogens is 433 g/mol. The first-order valence-corrected chi connectivity index (χ1v) is 12.3. The van der Waals surface area contributed by atoms with Gasteiger partial charge in [0.1, 0.15) is 5.69 Å². The van der Waals surface area contributed by atoms with Crippen molar-refractivity contribution < 1.29 is 23.3 Å². The average Bonchev–Trinajstić information content (AvgIpc) is 3.32. The van der Waals surface area contributed by atoms with Crippen LogP contribution in [-0.4, -0.2) is 37.1 Å². The Labute approximate surface area is 187 Å². The summed E-state index contributed by atoms with van der Waals surface area (Å²) in [6.45, 7) is 5.13. The van der Waals surface area contributed by atoms with E-state index in [0.717, 1.165) is 25.9 Å². The lowest BCUT2D eigenvalue weighted by Gasteiger charge is -2.27. The quantitative estimate of drug-likeness (QED) is 0.305. The van der Waals surface area contributed by atoms with Gasteiger partial charge in [0.15, 0.2) is 5.78 Å². The van der Waals surface area contributed by atoms with Crippen molar-refractivity contribution in [3.63, 3.8) is 0 Å². The molecule has 9 nitrogen and oxygen atoms in total. The molecule has 0 unspecified atom stereocenters. The van der Waals surface area contributed by atoms with Gasteiger partial charge in [0.05, 0.1) is 18.1 Å². The fourth-order valence-corrected chi connectivity index (χ4v) is 5.68. The van der Waals surface area contributed by atoms with Crippen LogP contribution in [0.4, 0.5) is 11.4 Å². The zero-order valence-electron chi connectivity index (χ0n) is 18.2. The molecule has 0 spiro atoms. The molecule has 1 saturated heterocycles. The zero-order chi connectivity index (χ0) is 23.1. The largest absolute Gasteiger partial charge is 0.366 e. The number of hydrogen-bond donors (Lipinski definition) is 1. The van der Waals surface area contributed by atoms with Crippen LogP contribution >= 0.6 is 7.60 Å². The van der Waals surface area contributed by atoms with Crippen molar-refractivity contribution in [3.05, 3.63) is 69.8 Å². The number of nitro groups is 1. The maximum atomic E-state index is 13.5. The minimum Gasteiger partial charge on any atom is -0.366 e. The number of rotatable bonds is 10. The molecule has 32 heavy (non-hydrogen) atoms. The summed E-state index contributed by atoms with van der Waals surface area (Å²) in [4.78, 5) is 26.3. The standard InChI is InChI=1S/C22H28N3O6P/c1-3-30-32(29,31-4-2)22(17-10-6-5-7-11-17)23-21(26)18-12-13-19(20(16-18)25(27)28)24-14-8-9-15-24/h5-7,10-13,16,22H,3-4,8-9,14-15H2,1-2H3,(H,23,26)/t22-/m0/s1. The van der Waals surface area contributed by atoms with Crippen LogP contribution in [0.2, 0.25) is 0 Å². The van der Waals surface area contributed by atoms with E-state index in [-0.39, 0.29) is 24.5 Å². The number of benzene rings is 2.